The van der Waals surface area contributed by atoms with Gasteiger partial charge in [0.1, 0.15) is 0 Å². The van der Waals surface area contributed by atoms with E-state index in [-0.39, 0.29) is 0 Å². The smallest absolute Gasteiger partial charge is 0.204 e. The minimum atomic E-state index is 0.577. The van der Waals surface area contributed by atoms with Gasteiger partial charge in [-0.3, -0.25) is 0 Å². The van der Waals surface area contributed by atoms with E-state index in [0.29, 0.717) is 5.82 Å². The lowest BCUT2D eigenvalue weighted by Gasteiger charge is -2.10. The van der Waals surface area contributed by atoms with Gasteiger partial charge in [-0.1, -0.05) is 18.1 Å². The molecule has 0 unspecified atom stereocenters. The number of hydrogen-bond donors (Lipinski definition) is 1. The monoisotopic (exact) mass is 228 g/mol. The molecule has 80 valence electrons. The van der Waals surface area contributed by atoms with Gasteiger partial charge in [-0.2, -0.15) is 0 Å². The Hall–Kier alpha value is -1.53. The largest absolute Gasteiger partial charge is 0.229 e. The summed E-state index contributed by atoms with van der Waals surface area (Å²) in [4.78, 5) is 9.52. The summed E-state index contributed by atoms with van der Waals surface area (Å²) in [6.45, 7) is 1.78. The summed E-state index contributed by atoms with van der Waals surface area (Å²) in [5, 5.41) is 0. The zero-order valence-electron chi connectivity index (χ0n) is 9.07. The Balaban J connectivity index is 2.24. The van der Waals surface area contributed by atoms with Crippen molar-refractivity contribution in [3.8, 4) is 11.8 Å². The van der Waals surface area contributed by atoms with Gasteiger partial charge in [0.15, 0.2) is 0 Å². The van der Waals surface area contributed by atoms with E-state index in [1.165, 1.54) is 5.57 Å². The molecule has 0 aromatic carbocycles. The Morgan fingerprint density at radius 1 is 1.19 bits per heavy atom. The number of aromatic nitrogens is 2. The van der Waals surface area contributed by atoms with Crippen LogP contribution in [0, 0.1) is 11.8 Å². The highest BCUT2D eigenvalue weighted by Crippen LogP contribution is 2.27. The molecule has 0 radical (unpaired) electrons. The van der Waals surface area contributed by atoms with Gasteiger partial charge in [-0.25, -0.2) is 9.97 Å². The molecule has 0 fully saturated rings. The Labute approximate surface area is 101 Å². The molecule has 1 aliphatic rings. The average molecular weight is 228 g/mol. The van der Waals surface area contributed by atoms with Crippen LogP contribution < -0.4 is 0 Å². The fraction of sp³-hybridized carbons (Fsp3) is 0.231. The van der Waals surface area contributed by atoms with E-state index in [0.717, 1.165) is 23.3 Å². The van der Waals surface area contributed by atoms with Crippen LogP contribution >= 0.6 is 12.6 Å². The zero-order valence-corrected chi connectivity index (χ0v) is 9.96. The lowest BCUT2D eigenvalue weighted by Crippen LogP contribution is -1.94. The summed E-state index contributed by atoms with van der Waals surface area (Å²) in [5.74, 6) is 6.19. The van der Waals surface area contributed by atoms with Crippen LogP contribution in [0.15, 0.2) is 29.5 Å². The highest BCUT2D eigenvalue weighted by atomic mass is 32.1. The van der Waals surface area contributed by atoms with Gasteiger partial charge >= 0.3 is 0 Å². The first-order chi connectivity index (χ1) is 7.79. The molecule has 0 amide bonds. The predicted molar refractivity (Wildman–Crippen MR) is 68.9 cm³/mol. The summed E-state index contributed by atoms with van der Waals surface area (Å²) in [5.41, 5.74) is 2.33. The number of nitrogens with zero attached hydrogens (tertiary/aromatic N) is 2. The molecule has 1 aliphatic carbocycles. The number of hydrogen-bond acceptors (Lipinski definition) is 3. The van der Waals surface area contributed by atoms with Crippen LogP contribution in [0.1, 0.15) is 31.2 Å². The van der Waals surface area contributed by atoms with Crippen LogP contribution in [0.5, 0.6) is 0 Å². The SMILES string of the molecule is CC#Cc1ncc(C2=CC=C(S)CC2)cn1. The third-order valence-corrected chi connectivity index (χ3v) is 2.76. The highest BCUT2D eigenvalue weighted by Gasteiger charge is 2.06. The molecule has 0 saturated heterocycles. The average Bonchev–Trinajstić information content (AvgIpc) is 2.32. The lowest BCUT2D eigenvalue weighted by molar-refractivity contribution is 1.02. The maximum Gasteiger partial charge on any atom is 0.204 e. The van der Waals surface area contributed by atoms with E-state index >= 15 is 0 Å². The maximum absolute atomic E-state index is 4.33. The normalized spacial score (nSPS) is 14.6. The van der Waals surface area contributed by atoms with Crippen molar-refractivity contribution >= 4 is 18.2 Å². The minimum absolute atomic E-state index is 0.577. The number of thiol groups is 1. The second kappa shape index (κ2) is 5.00. The fourth-order valence-corrected chi connectivity index (χ4v) is 1.72. The van der Waals surface area contributed by atoms with Crippen molar-refractivity contribution in [3.63, 3.8) is 0 Å². The fourth-order valence-electron chi connectivity index (χ4n) is 1.54. The Morgan fingerprint density at radius 3 is 2.50 bits per heavy atom. The van der Waals surface area contributed by atoms with Crippen LogP contribution in [0.25, 0.3) is 5.57 Å². The van der Waals surface area contributed by atoms with E-state index in [9.17, 15) is 0 Å². The van der Waals surface area contributed by atoms with Gasteiger partial charge in [-0.15, -0.1) is 12.6 Å². The standard InChI is InChI=1S/C13H12N2S/c1-2-3-13-14-8-11(9-15-13)10-4-6-12(16)7-5-10/h4,6,8-9,16H,5,7H2,1H3. The minimum Gasteiger partial charge on any atom is -0.229 e. The molecule has 0 aliphatic heterocycles. The molecule has 2 rings (SSSR count). The van der Waals surface area contributed by atoms with Crippen molar-refractivity contribution in [1.29, 1.82) is 0 Å². The third kappa shape index (κ3) is 2.53. The molecule has 1 heterocycles. The molecule has 1 aromatic rings. The Kier molecular flexibility index (Phi) is 3.43. The van der Waals surface area contributed by atoms with Crippen LogP contribution in [-0.2, 0) is 0 Å². The molecule has 0 spiro atoms. The van der Waals surface area contributed by atoms with Crippen LogP contribution in [0.2, 0.25) is 0 Å². The summed E-state index contributed by atoms with van der Waals surface area (Å²) >= 11 is 4.33. The van der Waals surface area contributed by atoms with Gasteiger partial charge in [0.25, 0.3) is 0 Å². The van der Waals surface area contributed by atoms with Crippen LogP contribution in [0.4, 0.5) is 0 Å². The number of rotatable bonds is 1. The Bertz CT molecular complexity index is 501. The van der Waals surface area contributed by atoms with Crippen molar-refractivity contribution in [2.24, 2.45) is 0 Å². The van der Waals surface area contributed by atoms with Crippen LogP contribution in [-0.4, -0.2) is 9.97 Å². The van der Waals surface area contributed by atoms with E-state index in [1.54, 1.807) is 6.92 Å². The Morgan fingerprint density at radius 2 is 1.94 bits per heavy atom. The van der Waals surface area contributed by atoms with Crippen molar-refractivity contribution in [1.82, 2.24) is 9.97 Å². The van der Waals surface area contributed by atoms with Crippen molar-refractivity contribution < 1.29 is 0 Å². The van der Waals surface area contributed by atoms with E-state index in [2.05, 4.69) is 40.5 Å². The third-order valence-electron chi connectivity index (χ3n) is 2.39. The molecule has 1 aromatic heterocycles. The van der Waals surface area contributed by atoms with E-state index in [1.807, 2.05) is 18.5 Å². The molecule has 0 saturated carbocycles. The van der Waals surface area contributed by atoms with Crippen molar-refractivity contribution in [2.75, 3.05) is 0 Å². The lowest BCUT2D eigenvalue weighted by atomic mass is 10.00. The first-order valence-electron chi connectivity index (χ1n) is 5.13. The quantitative estimate of drug-likeness (QED) is 0.591. The van der Waals surface area contributed by atoms with Crippen molar-refractivity contribution in [3.05, 3.63) is 40.8 Å². The molecular weight excluding hydrogens is 216 g/mol. The van der Waals surface area contributed by atoms with E-state index < -0.39 is 0 Å². The molecule has 0 bridgehead atoms. The summed E-state index contributed by atoms with van der Waals surface area (Å²) in [7, 11) is 0. The summed E-state index contributed by atoms with van der Waals surface area (Å²) in [6.07, 6.45) is 9.76. The summed E-state index contributed by atoms with van der Waals surface area (Å²) < 4.78 is 0. The van der Waals surface area contributed by atoms with Gasteiger partial charge in [0.05, 0.1) is 0 Å². The van der Waals surface area contributed by atoms with Gasteiger partial charge in [0, 0.05) is 18.0 Å². The predicted octanol–water partition coefficient (Wildman–Crippen LogP) is 2.84. The first-order valence-corrected chi connectivity index (χ1v) is 5.58. The van der Waals surface area contributed by atoms with E-state index in [4.69, 9.17) is 0 Å². The summed E-state index contributed by atoms with van der Waals surface area (Å²) in [6, 6.07) is 0. The second-order valence-corrected chi connectivity index (χ2v) is 4.09. The van der Waals surface area contributed by atoms with Gasteiger partial charge < -0.3 is 0 Å². The number of allylic oxidation sites excluding steroid dienone is 4. The topological polar surface area (TPSA) is 25.8 Å². The zero-order chi connectivity index (χ0) is 11.4. The van der Waals surface area contributed by atoms with Crippen molar-refractivity contribution in [2.45, 2.75) is 19.8 Å². The molecule has 0 N–H and O–H groups in total. The molecular formula is C13H12N2S. The van der Waals surface area contributed by atoms with Crippen LogP contribution in [0.3, 0.4) is 0 Å². The van der Waals surface area contributed by atoms with Gasteiger partial charge in [-0.05, 0) is 36.2 Å². The van der Waals surface area contributed by atoms with Gasteiger partial charge in [0.2, 0.25) is 5.82 Å². The highest BCUT2D eigenvalue weighted by molar-refractivity contribution is 7.84. The molecule has 2 nitrogen and oxygen atoms in total. The molecule has 0 atom stereocenters. The second-order valence-electron chi connectivity index (χ2n) is 3.52. The maximum atomic E-state index is 4.33. The molecule has 16 heavy (non-hydrogen) atoms. The first kappa shape index (κ1) is 11.0. The molecule has 3 heteroatoms.